The molecule has 0 aliphatic carbocycles. The Morgan fingerprint density at radius 1 is 1.29 bits per heavy atom. The standard InChI is InChI=1S/C18H26N4O2/c1-13(23)22-11-5-3-4-8-15-18(22,2)9-12-21(15)17(24)14-7-6-10-20-16(14)19/h6-7,10,15H,3-5,8-9,11-12H2,1-2H3,(H2,19,20)/t15-,18-/m0/s1. The second kappa shape index (κ2) is 6.42. The summed E-state index contributed by atoms with van der Waals surface area (Å²) in [5.41, 5.74) is 6.06. The first-order valence-corrected chi connectivity index (χ1v) is 8.75. The number of carbonyl (C=O) groups is 2. The highest BCUT2D eigenvalue weighted by molar-refractivity contribution is 5.98. The summed E-state index contributed by atoms with van der Waals surface area (Å²) in [6.07, 6.45) is 6.53. The molecule has 2 atom stereocenters. The minimum atomic E-state index is -0.293. The number of rotatable bonds is 1. The van der Waals surface area contributed by atoms with Crippen LogP contribution < -0.4 is 5.73 Å². The molecule has 0 saturated carbocycles. The van der Waals surface area contributed by atoms with Crippen LogP contribution in [0.25, 0.3) is 0 Å². The van der Waals surface area contributed by atoms with Gasteiger partial charge in [-0.1, -0.05) is 12.8 Å². The minimum Gasteiger partial charge on any atom is -0.383 e. The van der Waals surface area contributed by atoms with Crippen molar-refractivity contribution in [2.24, 2.45) is 0 Å². The van der Waals surface area contributed by atoms with E-state index >= 15 is 0 Å². The highest BCUT2D eigenvalue weighted by atomic mass is 16.2. The Morgan fingerprint density at radius 2 is 2.08 bits per heavy atom. The van der Waals surface area contributed by atoms with E-state index in [1.807, 2.05) is 9.80 Å². The van der Waals surface area contributed by atoms with Crippen molar-refractivity contribution in [3.8, 4) is 0 Å². The highest BCUT2D eigenvalue weighted by Crippen LogP contribution is 2.39. The van der Waals surface area contributed by atoms with Gasteiger partial charge in [0.15, 0.2) is 0 Å². The monoisotopic (exact) mass is 330 g/mol. The Hall–Kier alpha value is -2.11. The van der Waals surface area contributed by atoms with E-state index in [-0.39, 0.29) is 29.2 Å². The topological polar surface area (TPSA) is 79.5 Å². The van der Waals surface area contributed by atoms with Crippen LogP contribution in [0.15, 0.2) is 18.3 Å². The summed E-state index contributed by atoms with van der Waals surface area (Å²) < 4.78 is 0. The molecule has 0 radical (unpaired) electrons. The lowest BCUT2D eigenvalue weighted by Gasteiger charge is -2.45. The molecule has 2 aliphatic heterocycles. The maximum absolute atomic E-state index is 13.0. The third-order valence-electron chi connectivity index (χ3n) is 5.64. The largest absolute Gasteiger partial charge is 0.383 e. The number of hydrogen-bond donors (Lipinski definition) is 1. The Bertz CT molecular complexity index is 648. The summed E-state index contributed by atoms with van der Waals surface area (Å²) >= 11 is 0. The van der Waals surface area contributed by atoms with Gasteiger partial charge in [-0.3, -0.25) is 9.59 Å². The van der Waals surface area contributed by atoms with Gasteiger partial charge in [0, 0.05) is 26.2 Å². The molecular weight excluding hydrogens is 304 g/mol. The van der Waals surface area contributed by atoms with Gasteiger partial charge in [0.05, 0.1) is 17.1 Å². The smallest absolute Gasteiger partial charge is 0.257 e. The Labute approximate surface area is 143 Å². The van der Waals surface area contributed by atoms with Crippen LogP contribution in [0.1, 0.15) is 56.3 Å². The zero-order valence-electron chi connectivity index (χ0n) is 14.5. The molecule has 1 aromatic rings. The van der Waals surface area contributed by atoms with Crippen LogP contribution in [0, 0.1) is 0 Å². The first-order valence-electron chi connectivity index (χ1n) is 8.75. The predicted octanol–water partition coefficient (Wildman–Crippen LogP) is 2.06. The number of hydrogen-bond acceptors (Lipinski definition) is 4. The summed E-state index contributed by atoms with van der Waals surface area (Å²) in [7, 11) is 0. The van der Waals surface area contributed by atoms with Gasteiger partial charge >= 0.3 is 0 Å². The molecule has 130 valence electrons. The second-order valence-electron chi connectivity index (χ2n) is 7.08. The van der Waals surface area contributed by atoms with Crippen molar-refractivity contribution in [2.45, 2.75) is 57.5 Å². The molecule has 2 aliphatic rings. The van der Waals surface area contributed by atoms with Crippen LogP contribution in [-0.4, -0.2) is 51.3 Å². The molecule has 24 heavy (non-hydrogen) atoms. The first kappa shape index (κ1) is 16.7. The molecule has 2 saturated heterocycles. The van der Waals surface area contributed by atoms with Crippen molar-refractivity contribution in [3.63, 3.8) is 0 Å². The number of aromatic nitrogens is 1. The average Bonchev–Trinajstić information content (AvgIpc) is 2.84. The first-order chi connectivity index (χ1) is 11.4. The SMILES string of the molecule is CC(=O)N1CCCCC[C@@H]2N(C(=O)c3cccnc3N)CC[C@@]21C. The van der Waals surface area contributed by atoms with E-state index in [1.165, 1.54) is 0 Å². The van der Waals surface area contributed by atoms with E-state index in [0.717, 1.165) is 38.6 Å². The normalized spacial score (nSPS) is 27.3. The summed E-state index contributed by atoms with van der Waals surface area (Å²) in [6, 6.07) is 3.50. The van der Waals surface area contributed by atoms with Crippen LogP contribution in [0.3, 0.4) is 0 Å². The lowest BCUT2D eigenvalue weighted by molar-refractivity contribution is -0.136. The maximum atomic E-state index is 13.0. The van der Waals surface area contributed by atoms with Gasteiger partial charge < -0.3 is 15.5 Å². The zero-order chi connectivity index (χ0) is 17.3. The molecule has 3 rings (SSSR count). The number of likely N-dealkylation sites (tertiary alicyclic amines) is 2. The summed E-state index contributed by atoms with van der Waals surface area (Å²) in [5.74, 6) is 0.295. The number of fused-ring (bicyclic) bond motifs is 1. The number of pyridine rings is 1. The number of nitrogen functional groups attached to an aromatic ring is 1. The molecule has 2 fully saturated rings. The number of amides is 2. The second-order valence-corrected chi connectivity index (χ2v) is 7.08. The maximum Gasteiger partial charge on any atom is 0.257 e. The molecule has 6 nitrogen and oxygen atoms in total. The van der Waals surface area contributed by atoms with Gasteiger partial charge in [-0.05, 0) is 38.3 Å². The average molecular weight is 330 g/mol. The van der Waals surface area contributed by atoms with Gasteiger partial charge in [-0.15, -0.1) is 0 Å². The molecule has 0 spiro atoms. The molecule has 6 heteroatoms. The van der Waals surface area contributed by atoms with E-state index in [0.29, 0.717) is 12.1 Å². The highest BCUT2D eigenvalue weighted by Gasteiger charge is 2.50. The number of nitrogens with zero attached hydrogens (tertiary/aromatic N) is 3. The van der Waals surface area contributed by atoms with Crippen molar-refractivity contribution >= 4 is 17.6 Å². The number of nitrogens with two attached hydrogens (primary N) is 1. The zero-order valence-corrected chi connectivity index (χ0v) is 14.5. The van der Waals surface area contributed by atoms with Gasteiger partial charge in [0.25, 0.3) is 5.91 Å². The molecule has 1 aromatic heterocycles. The quantitative estimate of drug-likeness (QED) is 0.855. The lowest BCUT2D eigenvalue weighted by Crippen LogP contribution is -2.58. The van der Waals surface area contributed by atoms with Crippen molar-refractivity contribution in [2.75, 3.05) is 18.8 Å². The van der Waals surface area contributed by atoms with Crippen molar-refractivity contribution in [3.05, 3.63) is 23.9 Å². The summed E-state index contributed by atoms with van der Waals surface area (Å²) in [5, 5.41) is 0. The van der Waals surface area contributed by atoms with Crippen LogP contribution in [-0.2, 0) is 4.79 Å². The minimum absolute atomic E-state index is 0.0359. The van der Waals surface area contributed by atoms with Gasteiger partial charge in [0.2, 0.25) is 5.91 Å². The molecule has 0 aromatic carbocycles. The number of carbonyl (C=O) groups excluding carboxylic acids is 2. The van der Waals surface area contributed by atoms with E-state index in [1.54, 1.807) is 25.3 Å². The van der Waals surface area contributed by atoms with E-state index < -0.39 is 0 Å². The van der Waals surface area contributed by atoms with Gasteiger partial charge in [0.1, 0.15) is 5.82 Å². The van der Waals surface area contributed by atoms with Crippen LogP contribution in [0.2, 0.25) is 0 Å². The third-order valence-corrected chi connectivity index (χ3v) is 5.64. The summed E-state index contributed by atoms with van der Waals surface area (Å²) in [6.45, 7) is 5.19. The van der Waals surface area contributed by atoms with E-state index in [9.17, 15) is 9.59 Å². The fourth-order valence-corrected chi connectivity index (χ4v) is 4.34. The van der Waals surface area contributed by atoms with Gasteiger partial charge in [-0.25, -0.2) is 4.98 Å². The Kier molecular flexibility index (Phi) is 4.47. The Morgan fingerprint density at radius 3 is 2.79 bits per heavy atom. The van der Waals surface area contributed by atoms with Crippen LogP contribution >= 0.6 is 0 Å². The van der Waals surface area contributed by atoms with Crippen molar-refractivity contribution in [1.82, 2.24) is 14.8 Å². The van der Waals surface area contributed by atoms with Crippen LogP contribution in [0.4, 0.5) is 5.82 Å². The molecular formula is C18H26N4O2. The molecule has 0 unspecified atom stereocenters. The molecule has 3 heterocycles. The fraction of sp³-hybridized carbons (Fsp3) is 0.611. The molecule has 2 amide bonds. The van der Waals surface area contributed by atoms with E-state index in [4.69, 9.17) is 5.73 Å². The van der Waals surface area contributed by atoms with E-state index in [2.05, 4.69) is 11.9 Å². The van der Waals surface area contributed by atoms with Crippen LogP contribution in [0.5, 0.6) is 0 Å². The van der Waals surface area contributed by atoms with Crippen molar-refractivity contribution < 1.29 is 9.59 Å². The van der Waals surface area contributed by atoms with Crippen molar-refractivity contribution in [1.29, 1.82) is 0 Å². The number of anilines is 1. The third kappa shape index (κ3) is 2.74. The molecule has 2 N–H and O–H groups in total. The fourth-order valence-electron chi connectivity index (χ4n) is 4.34. The predicted molar refractivity (Wildman–Crippen MR) is 92.4 cm³/mol. The van der Waals surface area contributed by atoms with Gasteiger partial charge in [-0.2, -0.15) is 0 Å². The summed E-state index contributed by atoms with van der Waals surface area (Å²) in [4.78, 5) is 33.2. The Balaban J connectivity index is 1.93. The lowest BCUT2D eigenvalue weighted by atomic mass is 9.84. The molecule has 0 bridgehead atoms.